The summed E-state index contributed by atoms with van der Waals surface area (Å²) in [6.07, 6.45) is 1.49. The van der Waals surface area contributed by atoms with Crippen LogP contribution in [0.5, 0.6) is 0 Å². The number of benzene rings is 1. The number of carboxylic acids is 1. The van der Waals surface area contributed by atoms with Gasteiger partial charge in [-0.2, -0.15) is 0 Å². The molecule has 21 heavy (non-hydrogen) atoms. The Morgan fingerprint density at radius 1 is 1.38 bits per heavy atom. The Hall–Kier alpha value is -1.91. The maximum atomic E-state index is 11.2. The third-order valence-corrected chi connectivity index (χ3v) is 3.74. The largest absolute Gasteiger partial charge is 0.477 e. The zero-order valence-electron chi connectivity index (χ0n) is 12.0. The summed E-state index contributed by atoms with van der Waals surface area (Å²) in [5, 5.41) is 9.87. The number of carbonyl (C=O) groups is 1. The van der Waals surface area contributed by atoms with E-state index in [-0.39, 0.29) is 11.7 Å². The van der Waals surface area contributed by atoms with Crippen molar-refractivity contribution in [3.63, 3.8) is 0 Å². The highest BCUT2D eigenvalue weighted by Crippen LogP contribution is 2.23. The summed E-state index contributed by atoms with van der Waals surface area (Å²) in [6.45, 7) is 2.56. The number of halogens is 1. The van der Waals surface area contributed by atoms with Crippen molar-refractivity contribution in [3.8, 4) is 0 Å². The molecule has 4 nitrogen and oxygen atoms in total. The molecule has 1 atom stereocenters. The standard InChI is InChI=1S/C16H17ClN2O2/c1-11(12-5-3-7-14(17)9-12)19(2)10-13-6-4-8-18-15(13)16(20)21/h3-9,11H,10H2,1-2H3,(H,20,21). The van der Waals surface area contributed by atoms with Gasteiger partial charge in [0.1, 0.15) is 0 Å². The van der Waals surface area contributed by atoms with E-state index in [9.17, 15) is 9.90 Å². The Labute approximate surface area is 129 Å². The van der Waals surface area contributed by atoms with Gasteiger partial charge in [0.25, 0.3) is 0 Å². The van der Waals surface area contributed by atoms with Gasteiger partial charge in [0.15, 0.2) is 5.69 Å². The van der Waals surface area contributed by atoms with E-state index in [1.807, 2.05) is 31.3 Å². The normalized spacial score (nSPS) is 12.4. The van der Waals surface area contributed by atoms with Crippen LogP contribution in [0.1, 0.15) is 34.6 Å². The molecule has 0 radical (unpaired) electrons. The molecule has 2 rings (SSSR count). The molecule has 1 N–H and O–H groups in total. The molecule has 1 aromatic heterocycles. The van der Waals surface area contributed by atoms with Crippen LogP contribution < -0.4 is 0 Å². The van der Waals surface area contributed by atoms with Crippen LogP contribution in [0, 0.1) is 0 Å². The zero-order chi connectivity index (χ0) is 15.4. The quantitative estimate of drug-likeness (QED) is 0.916. The number of aromatic carboxylic acids is 1. The van der Waals surface area contributed by atoms with Gasteiger partial charge in [-0.05, 0) is 43.3 Å². The number of hydrogen-bond acceptors (Lipinski definition) is 3. The van der Waals surface area contributed by atoms with Gasteiger partial charge in [0.2, 0.25) is 0 Å². The molecule has 5 heteroatoms. The van der Waals surface area contributed by atoms with Crippen LogP contribution in [0.2, 0.25) is 5.02 Å². The second kappa shape index (κ2) is 6.70. The molecule has 110 valence electrons. The van der Waals surface area contributed by atoms with Crippen molar-refractivity contribution in [2.24, 2.45) is 0 Å². The molecule has 0 aliphatic carbocycles. The molecular formula is C16H17ClN2O2. The summed E-state index contributed by atoms with van der Waals surface area (Å²) in [7, 11) is 1.95. The smallest absolute Gasteiger partial charge is 0.354 e. The highest BCUT2D eigenvalue weighted by atomic mass is 35.5. The summed E-state index contributed by atoms with van der Waals surface area (Å²) in [4.78, 5) is 17.2. The molecule has 0 spiro atoms. The lowest BCUT2D eigenvalue weighted by Gasteiger charge is -2.25. The first-order valence-electron chi connectivity index (χ1n) is 6.62. The molecule has 0 fully saturated rings. The van der Waals surface area contributed by atoms with Gasteiger partial charge in [0.05, 0.1) is 0 Å². The van der Waals surface area contributed by atoms with Crippen LogP contribution in [0.15, 0.2) is 42.6 Å². The maximum Gasteiger partial charge on any atom is 0.354 e. The van der Waals surface area contributed by atoms with Crippen LogP contribution >= 0.6 is 11.6 Å². The maximum absolute atomic E-state index is 11.2. The lowest BCUT2D eigenvalue weighted by atomic mass is 10.1. The predicted octanol–water partition coefficient (Wildman–Crippen LogP) is 3.63. The van der Waals surface area contributed by atoms with Gasteiger partial charge in [-0.25, -0.2) is 9.78 Å². The Kier molecular flexibility index (Phi) is 4.94. The fourth-order valence-electron chi connectivity index (χ4n) is 2.19. The highest BCUT2D eigenvalue weighted by molar-refractivity contribution is 6.30. The number of carboxylic acid groups (broad SMARTS) is 1. The third kappa shape index (κ3) is 3.80. The second-order valence-electron chi connectivity index (χ2n) is 4.96. The molecule has 0 aliphatic heterocycles. The van der Waals surface area contributed by atoms with Crippen molar-refractivity contribution >= 4 is 17.6 Å². The molecule has 0 saturated heterocycles. The molecule has 1 aromatic carbocycles. The fraction of sp³-hybridized carbons (Fsp3) is 0.250. The van der Waals surface area contributed by atoms with E-state index in [2.05, 4.69) is 16.8 Å². The van der Waals surface area contributed by atoms with E-state index in [4.69, 9.17) is 11.6 Å². The molecule has 0 amide bonds. The first-order valence-corrected chi connectivity index (χ1v) is 6.99. The van der Waals surface area contributed by atoms with E-state index in [0.29, 0.717) is 17.1 Å². The Balaban J connectivity index is 2.18. The summed E-state index contributed by atoms with van der Waals surface area (Å²) >= 11 is 6.01. The van der Waals surface area contributed by atoms with Crippen molar-refractivity contribution < 1.29 is 9.90 Å². The molecule has 0 saturated carbocycles. The summed E-state index contributed by atoms with van der Waals surface area (Å²) in [5.74, 6) is -1.01. The van der Waals surface area contributed by atoms with Crippen LogP contribution in [-0.4, -0.2) is 28.0 Å². The Morgan fingerprint density at radius 2 is 2.14 bits per heavy atom. The van der Waals surface area contributed by atoms with Crippen LogP contribution in [0.25, 0.3) is 0 Å². The first kappa shape index (κ1) is 15.5. The van der Waals surface area contributed by atoms with Gasteiger partial charge in [0, 0.05) is 23.8 Å². The van der Waals surface area contributed by atoms with E-state index >= 15 is 0 Å². The van der Waals surface area contributed by atoms with Crippen molar-refractivity contribution in [1.82, 2.24) is 9.88 Å². The molecule has 0 aliphatic rings. The minimum absolute atomic E-state index is 0.0997. The van der Waals surface area contributed by atoms with Crippen molar-refractivity contribution in [2.45, 2.75) is 19.5 Å². The van der Waals surface area contributed by atoms with Gasteiger partial charge < -0.3 is 5.11 Å². The van der Waals surface area contributed by atoms with Crippen LogP contribution in [0.4, 0.5) is 0 Å². The number of aromatic nitrogens is 1. The van der Waals surface area contributed by atoms with Crippen molar-refractivity contribution in [2.75, 3.05) is 7.05 Å². The minimum Gasteiger partial charge on any atom is -0.477 e. The van der Waals surface area contributed by atoms with Crippen molar-refractivity contribution in [3.05, 3.63) is 64.4 Å². The highest BCUT2D eigenvalue weighted by Gasteiger charge is 2.16. The summed E-state index contributed by atoms with van der Waals surface area (Å²) < 4.78 is 0. The average Bonchev–Trinajstić information content (AvgIpc) is 2.46. The average molecular weight is 305 g/mol. The predicted molar refractivity (Wildman–Crippen MR) is 82.5 cm³/mol. The molecular weight excluding hydrogens is 288 g/mol. The van der Waals surface area contributed by atoms with E-state index in [1.165, 1.54) is 6.20 Å². The minimum atomic E-state index is -1.01. The van der Waals surface area contributed by atoms with E-state index in [1.54, 1.807) is 12.1 Å². The lowest BCUT2D eigenvalue weighted by molar-refractivity contribution is 0.0687. The summed E-state index contributed by atoms with van der Waals surface area (Å²) in [6, 6.07) is 11.3. The van der Waals surface area contributed by atoms with Gasteiger partial charge in [-0.1, -0.05) is 29.8 Å². The van der Waals surface area contributed by atoms with Gasteiger partial charge in [-0.15, -0.1) is 0 Å². The van der Waals surface area contributed by atoms with Gasteiger partial charge in [-0.3, -0.25) is 4.90 Å². The zero-order valence-corrected chi connectivity index (χ0v) is 12.7. The number of pyridine rings is 1. The molecule has 1 unspecified atom stereocenters. The molecule has 2 aromatic rings. The van der Waals surface area contributed by atoms with Gasteiger partial charge >= 0.3 is 5.97 Å². The van der Waals surface area contributed by atoms with E-state index in [0.717, 1.165) is 5.56 Å². The first-order chi connectivity index (χ1) is 9.99. The Morgan fingerprint density at radius 3 is 2.81 bits per heavy atom. The third-order valence-electron chi connectivity index (χ3n) is 3.51. The SMILES string of the molecule is CC(c1cccc(Cl)c1)N(C)Cc1cccnc1C(=O)O. The van der Waals surface area contributed by atoms with Crippen molar-refractivity contribution in [1.29, 1.82) is 0 Å². The molecule has 0 bridgehead atoms. The topological polar surface area (TPSA) is 53.4 Å². The summed E-state index contributed by atoms with van der Waals surface area (Å²) in [5.41, 5.74) is 1.88. The Bertz CT molecular complexity index is 646. The lowest BCUT2D eigenvalue weighted by Crippen LogP contribution is -2.23. The molecule has 1 heterocycles. The van der Waals surface area contributed by atoms with Crippen LogP contribution in [-0.2, 0) is 6.54 Å². The number of rotatable bonds is 5. The number of hydrogen-bond donors (Lipinski definition) is 1. The fourth-order valence-corrected chi connectivity index (χ4v) is 2.38. The van der Waals surface area contributed by atoms with Crippen LogP contribution in [0.3, 0.4) is 0 Å². The second-order valence-corrected chi connectivity index (χ2v) is 5.40. The number of nitrogens with zero attached hydrogens (tertiary/aromatic N) is 2. The van der Waals surface area contributed by atoms with E-state index < -0.39 is 5.97 Å². The monoisotopic (exact) mass is 304 g/mol.